The lowest BCUT2D eigenvalue weighted by Gasteiger charge is -2.05. The van der Waals surface area contributed by atoms with Gasteiger partial charge in [0.15, 0.2) is 5.03 Å². The molecule has 1 aliphatic rings. The topological polar surface area (TPSA) is 46.4 Å². The van der Waals surface area contributed by atoms with Crippen LogP contribution in [-0.2, 0) is 6.42 Å². The van der Waals surface area contributed by atoms with E-state index in [1.54, 1.807) is 6.07 Å². The Balaban J connectivity index is 0.000000845. The molecule has 5 heteroatoms. The number of para-hydroxylation sites is 1. The van der Waals surface area contributed by atoms with Gasteiger partial charge < -0.3 is 0 Å². The molecule has 0 spiro atoms. The molecule has 0 radical (unpaired) electrons. The number of hydrazine groups is 1. The molecule has 13 heavy (non-hydrogen) atoms. The Labute approximate surface area is 81.7 Å². The fourth-order valence-corrected chi connectivity index (χ4v) is 1.49. The molecule has 1 heterocycles. The fraction of sp³-hybridized carbons (Fsp3) is 0.250. The van der Waals surface area contributed by atoms with Gasteiger partial charge in [-0.05, 0) is 18.1 Å². The van der Waals surface area contributed by atoms with E-state index in [4.69, 9.17) is 0 Å². The van der Waals surface area contributed by atoms with Gasteiger partial charge in [-0.2, -0.15) is 0 Å². The second-order valence-corrected chi connectivity index (χ2v) is 2.74. The molecule has 0 amide bonds. The molecule has 70 valence electrons. The monoisotopic (exact) mass is 200 g/mol. The number of nitro groups is 1. The first-order valence-electron chi connectivity index (χ1n) is 3.79. The maximum absolute atomic E-state index is 10.5. The maximum atomic E-state index is 10.5. The highest BCUT2D eigenvalue weighted by Gasteiger charge is 2.26. The Hall–Kier alpha value is -1.29. The normalized spacial score (nSPS) is 13.4. The van der Waals surface area contributed by atoms with Crippen molar-refractivity contribution in [3.05, 3.63) is 39.9 Å². The smallest absolute Gasteiger partial charge is 0.165 e. The van der Waals surface area contributed by atoms with Crippen molar-refractivity contribution in [1.82, 2.24) is 0 Å². The van der Waals surface area contributed by atoms with E-state index in [1.807, 2.05) is 18.2 Å². The number of rotatable bonds is 1. The lowest BCUT2D eigenvalue weighted by molar-refractivity contribution is -0.493. The van der Waals surface area contributed by atoms with E-state index >= 15 is 0 Å². The molecule has 1 aromatic carbocycles. The number of halogens is 1. The number of hydrogen-bond donors (Lipinski definition) is 0. The summed E-state index contributed by atoms with van der Waals surface area (Å²) < 4.78 is 0. The third-order valence-corrected chi connectivity index (χ3v) is 2.06. The van der Waals surface area contributed by atoms with Crippen LogP contribution < -0.4 is 5.01 Å². The summed E-state index contributed by atoms with van der Waals surface area (Å²) in [7, 11) is 0. The van der Waals surface area contributed by atoms with Crippen LogP contribution in [-0.4, -0.2) is 11.6 Å². The zero-order valence-corrected chi connectivity index (χ0v) is 7.66. The van der Waals surface area contributed by atoms with E-state index in [9.17, 15) is 10.1 Å². The van der Waals surface area contributed by atoms with Crippen LogP contribution in [0, 0.1) is 10.1 Å². The van der Waals surface area contributed by atoms with Gasteiger partial charge in [0.05, 0.1) is 6.54 Å². The minimum absolute atomic E-state index is 0. The minimum Gasteiger partial charge on any atom is -0.234 e. The Kier molecular flexibility index (Phi) is 2.72. The van der Waals surface area contributed by atoms with E-state index < -0.39 is 0 Å². The number of anilines is 1. The highest BCUT2D eigenvalue weighted by atomic mass is 35.5. The summed E-state index contributed by atoms with van der Waals surface area (Å²) in [6.45, 7) is 0.492. The molecule has 0 aliphatic carbocycles. The van der Waals surface area contributed by atoms with Gasteiger partial charge in [-0.15, -0.1) is 12.4 Å². The number of fused-ring (bicyclic) bond motifs is 1. The summed E-state index contributed by atoms with van der Waals surface area (Å²) in [4.78, 5) is 10.5. The Morgan fingerprint density at radius 2 is 2.08 bits per heavy atom. The van der Waals surface area contributed by atoms with Gasteiger partial charge in [0.1, 0.15) is 5.69 Å². The molecular formula is C8H9ClN2O2. The first-order chi connectivity index (χ1) is 5.79. The van der Waals surface area contributed by atoms with Crippen molar-refractivity contribution in [2.45, 2.75) is 6.42 Å². The zero-order valence-electron chi connectivity index (χ0n) is 6.84. The first kappa shape index (κ1) is 9.80. The summed E-state index contributed by atoms with van der Waals surface area (Å²) in [5.41, 5.74) is 1.80. The predicted octanol–water partition coefficient (Wildman–Crippen LogP) is 1.66. The van der Waals surface area contributed by atoms with Crippen molar-refractivity contribution >= 4 is 18.1 Å². The molecule has 1 aliphatic heterocycles. The van der Waals surface area contributed by atoms with Crippen LogP contribution >= 0.6 is 12.4 Å². The van der Waals surface area contributed by atoms with Gasteiger partial charge >= 0.3 is 0 Å². The molecule has 0 unspecified atom stereocenters. The SMILES string of the molecule is Cl.O=[N+]([O-])N1CCc2ccccc21. The van der Waals surface area contributed by atoms with Crippen LogP contribution in [0.2, 0.25) is 0 Å². The lowest BCUT2D eigenvalue weighted by atomic mass is 10.2. The van der Waals surface area contributed by atoms with E-state index in [-0.39, 0.29) is 17.4 Å². The largest absolute Gasteiger partial charge is 0.234 e. The van der Waals surface area contributed by atoms with Crippen LogP contribution in [0.5, 0.6) is 0 Å². The third kappa shape index (κ3) is 1.58. The molecule has 0 bridgehead atoms. The summed E-state index contributed by atoms with van der Waals surface area (Å²) in [5, 5.41) is 11.3. The quantitative estimate of drug-likeness (QED) is 0.512. The van der Waals surface area contributed by atoms with E-state index in [0.29, 0.717) is 6.54 Å². The van der Waals surface area contributed by atoms with Crippen molar-refractivity contribution in [1.29, 1.82) is 0 Å². The minimum atomic E-state index is -0.355. The Morgan fingerprint density at radius 3 is 2.77 bits per heavy atom. The maximum Gasteiger partial charge on any atom is 0.165 e. The first-order valence-corrected chi connectivity index (χ1v) is 3.79. The van der Waals surface area contributed by atoms with Crippen LogP contribution in [0.4, 0.5) is 5.69 Å². The average molecular weight is 201 g/mol. The molecule has 0 atom stereocenters. The van der Waals surface area contributed by atoms with Crippen molar-refractivity contribution in [2.24, 2.45) is 0 Å². The number of hydrogen-bond acceptors (Lipinski definition) is 2. The molecule has 0 N–H and O–H groups in total. The van der Waals surface area contributed by atoms with E-state index in [0.717, 1.165) is 17.7 Å². The van der Waals surface area contributed by atoms with Gasteiger partial charge in [-0.25, -0.2) is 10.1 Å². The molecule has 0 aromatic heterocycles. The summed E-state index contributed by atoms with van der Waals surface area (Å²) in [6, 6.07) is 7.44. The van der Waals surface area contributed by atoms with Gasteiger partial charge in [-0.3, -0.25) is 0 Å². The highest BCUT2D eigenvalue weighted by Crippen LogP contribution is 2.26. The van der Waals surface area contributed by atoms with Crippen LogP contribution in [0.15, 0.2) is 24.3 Å². The molecule has 2 rings (SSSR count). The van der Waals surface area contributed by atoms with Crippen LogP contribution in [0.3, 0.4) is 0 Å². The van der Waals surface area contributed by atoms with Crippen LogP contribution in [0.1, 0.15) is 5.56 Å². The number of nitrogens with zero attached hydrogens (tertiary/aromatic N) is 2. The zero-order chi connectivity index (χ0) is 8.55. The Bertz CT molecular complexity index is 330. The van der Waals surface area contributed by atoms with Gasteiger partial charge in [0, 0.05) is 0 Å². The van der Waals surface area contributed by atoms with Crippen molar-refractivity contribution in [2.75, 3.05) is 11.6 Å². The molecule has 1 aromatic rings. The second kappa shape index (κ2) is 3.62. The summed E-state index contributed by atoms with van der Waals surface area (Å²) in [6.07, 6.45) is 0.775. The van der Waals surface area contributed by atoms with Gasteiger partial charge in [0.25, 0.3) is 0 Å². The molecule has 0 fully saturated rings. The standard InChI is InChI=1S/C8H8N2O2.ClH/c11-10(12)9-6-5-7-3-1-2-4-8(7)9;/h1-4H,5-6H2;1H. The second-order valence-electron chi connectivity index (χ2n) is 2.74. The van der Waals surface area contributed by atoms with Crippen molar-refractivity contribution in [3.63, 3.8) is 0 Å². The van der Waals surface area contributed by atoms with Crippen molar-refractivity contribution in [3.8, 4) is 0 Å². The van der Waals surface area contributed by atoms with E-state index in [1.165, 1.54) is 5.01 Å². The van der Waals surface area contributed by atoms with Gasteiger partial charge in [-0.1, -0.05) is 23.2 Å². The molecule has 0 saturated carbocycles. The summed E-state index contributed by atoms with van der Waals surface area (Å²) in [5.74, 6) is 0. The van der Waals surface area contributed by atoms with Crippen molar-refractivity contribution < 1.29 is 5.03 Å². The molecular weight excluding hydrogens is 192 g/mol. The highest BCUT2D eigenvalue weighted by molar-refractivity contribution is 5.85. The summed E-state index contributed by atoms with van der Waals surface area (Å²) >= 11 is 0. The van der Waals surface area contributed by atoms with E-state index in [2.05, 4.69) is 0 Å². The predicted molar refractivity (Wildman–Crippen MR) is 51.7 cm³/mol. The number of benzene rings is 1. The average Bonchev–Trinajstić information content (AvgIpc) is 2.47. The molecule has 4 nitrogen and oxygen atoms in total. The lowest BCUT2D eigenvalue weighted by Crippen LogP contribution is -2.27. The van der Waals surface area contributed by atoms with Gasteiger partial charge in [0.2, 0.25) is 0 Å². The fourth-order valence-electron chi connectivity index (χ4n) is 1.49. The molecule has 0 saturated heterocycles. The Morgan fingerprint density at radius 1 is 1.38 bits per heavy atom. The third-order valence-electron chi connectivity index (χ3n) is 2.06. The van der Waals surface area contributed by atoms with Crippen LogP contribution in [0.25, 0.3) is 0 Å².